The van der Waals surface area contributed by atoms with E-state index in [1.54, 1.807) is 0 Å². The van der Waals surface area contributed by atoms with Gasteiger partial charge in [0.05, 0.1) is 6.61 Å². The molecule has 0 aliphatic heterocycles. The summed E-state index contributed by atoms with van der Waals surface area (Å²) in [4.78, 5) is 0. The van der Waals surface area contributed by atoms with E-state index in [1.807, 2.05) is 20.8 Å². The summed E-state index contributed by atoms with van der Waals surface area (Å²) in [5.41, 5.74) is -1.15. The van der Waals surface area contributed by atoms with E-state index >= 15 is 0 Å². The number of rotatable bonds is 5. The maximum atomic E-state index is 12.3. The van der Waals surface area contributed by atoms with Crippen molar-refractivity contribution >= 4 is 0 Å². The van der Waals surface area contributed by atoms with E-state index in [4.69, 9.17) is 0 Å². The average molecular weight is 309 g/mol. The predicted molar refractivity (Wildman–Crippen MR) is 63.4 cm³/mol. The molecule has 1 N–H and O–H groups in total. The molecule has 0 atom stereocenters. The van der Waals surface area contributed by atoms with Gasteiger partial charge in [-0.2, -0.15) is 26.3 Å². The van der Waals surface area contributed by atoms with Crippen LogP contribution >= 0.6 is 0 Å². The van der Waals surface area contributed by atoms with E-state index in [9.17, 15) is 26.3 Å². The molecule has 0 radical (unpaired) electrons. The zero-order valence-corrected chi connectivity index (χ0v) is 12.2. The lowest BCUT2D eigenvalue weighted by molar-refractivity contribution is -0.325. The summed E-state index contributed by atoms with van der Waals surface area (Å²) in [6.45, 7) is 8.19. The van der Waals surface area contributed by atoms with Crippen molar-refractivity contribution in [1.29, 1.82) is 0 Å². The zero-order valence-electron chi connectivity index (χ0n) is 12.2. The Bertz CT molecular complexity index is 289. The van der Waals surface area contributed by atoms with E-state index in [2.05, 4.69) is 10.1 Å². The van der Waals surface area contributed by atoms with Gasteiger partial charge in [0.25, 0.3) is 0 Å². The molecule has 2 nitrogen and oxygen atoms in total. The van der Waals surface area contributed by atoms with Crippen molar-refractivity contribution in [3.63, 3.8) is 0 Å². The molecule has 0 fully saturated rings. The quantitative estimate of drug-likeness (QED) is 0.778. The lowest BCUT2D eigenvalue weighted by Gasteiger charge is -2.32. The van der Waals surface area contributed by atoms with Crippen LogP contribution in [-0.4, -0.2) is 37.1 Å². The third kappa shape index (κ3) is 7.94. The first-order valence-corrected chi connectivity index (χ1v) is 6.05. The summed E-state index contributed by atoms with van der Waals surface area (Å²) < 4.78 is 77.9. The van der Waals surface area contributed by atoms with Crippen LogP contribution in [0.15, 0.2) is 0 Å². The van der Waals surface area contributed by atoms with Crippen LogP contribution in [0.1, 0.15) is 34.6 Å². The number of hydrogen-bond donors (Lipinski definition) is 1. The lowest BCUT2D eigenvalue weighted by atomic mass is 9.93. The maximum Gasteiger partial charge on any atom is 0.423 e. The molecule has 0 amide bonds. The van der Waals surface area contributed by atoms with Crippen LogP contribution in [0.3, 0.4) is 0 Å². The highest BCUT2D eigenvalue weighted by atomic mass is 19.4. The standard InChI is InChI=1S/C12H21F6NO/c1-9(2,3)19-6-10(4,5)7-20-8(11(13,14)15)12(16,17)18/h8,19H,6-7H2,1-5H3. The Balaban J connectivity index is 4.63. The fourth-order valence-corrected chi connectivity index (χ4v) is 1.24. The number of ether oxygens (including phenoxy) is 1. The first-order chi connectivity index (χ1) is 8.55. The second-order valence-corrected chi connectivity index (χ2v) is 6.54. The highest BCUT2D eigenvalue weighted by molar-refractivity contribution is 4.81. The van der Waals surface area contributed by atoms with Crippen molar-refractivity contribution in [3.8, 4) is 0 Å². The average Bonchev–Trinajstić information content (AvgIpc) is 2.09. The summed E-state index contributed by atoms with van der Waals surface area (Å²) >= 11 is 0. The highest BCUT2D eigenvalue weighted by Gasteiger charge is 2.58. The minimum atomic E-state index is -5.47. The SMILES string of the molecule is CC(C)(CNC(C)(C)C)COC(C(F)(F)F)C(F)(F)F. The van der Waals surface area contributed by atoms with Gasteiger partial charge in [-0.25, -0.2) is 0 Å². The predicted octanol–water partition coefficient (Wildman–Crippen LogP) is 3.91. The van der Waals surface area contributed by atoms with Gasteiger partial charge < -0.3 is 10.1 Å². The van der Waals surface area contributed by atoms with Gasteiger partial charge in [0.15, 0.2) is 0 Å². The van der Waals surface area contributed by atoms with E-state index in [0.29, 0.717) is 0 Å². The summed E-state index contributed by atoms with van der Waals surface area (Å²) in [6, 6.07) is 0. The Kier molecular flexibility index (Phi) is 5.94. The second-order valence-electron chi connectivity index (χ2n) is 6.54. The van der Waals surface area contributed by atoms with Gasteiger partial charge in [0.2, 0.25) is 6.10 Å². The molecule has 0 unspecified atom stereocenters. The Hall–Kier alpha value is -0.500. The number of hydrogen-bond acceptors (Lipinski definition) is 2. The Morgan fingerprint density at radius 3 is 1.55 bits per heavy atom. The molecule has 0 aliphatic carbocycles. The molecule has 0 heterocycles. The Morgan fingerprint density at radius 1 is 0.850 bits per heavy atom. The largest absolute Gasteiger partial charge is 0.423 e. The third-order valence-electron chi connectivity index (χ3n) is 2.33. The molecule has 20 heavy (non-hydrogen) atoms. The second kappa shape index (κ2) is 6.09. The van der Waals surface area contributed by atoms with E-state index < -0.39 is 30.5 Å². The van der Waals surface area contributed by atoms with Gasteiger partial charge in [-0.1, -0.05) is 13.8 Å². The fraction of sp³-hybridized carbons (Fsp3) is 1.00. The molecule has 0 saturated carbocycles. The Labute approximate surface area is 114 Å². The summed E-state index contributed by atoms with van der Waals surface area (Å²) in [6.07, 6.45) is -14.7. The van der Waals surface area contributed by atoms with E-state index in [-0.39, 0.29) is 12.1 Å². The monoisotopic (exact) mass is 309 g/mol. The third-order valence-corrected chi connectivity index (χ3v) is 2.33. The van der Waals surface area contributed by atoms with Gasteiger partial charge in [-0.05, 0) is 20.8 Å². The molecule has 0 aromatic rings. The van der Waals surface area contributed by atoms with Crippen LogP contribution in [0.5, 0.6) is 0 Å². The van der Waals surface area contributed by atoms with Crippen LogP contribution < -0.4 is 5.32 Å². The fourth-order valence-electron chi connectivity index (χ4n) is 1.24. The van der Waals surface area contributed by atoms with Gasteiger partial charge in [0.1, 0.15) is 0 Å². The number of nitrogens with one attached hydrogen (secondary N) is 1. The zero-order chi connectivity index (χ0) is 16.4. The van der Waals surface area contributed by atoms with Crippen molar-refractivity contribution < 1.29 is 31.1 Å². The van der Waals surface area contributed by atoms with Crippen LogP contribution in [-0.2, 0) is 4.74 Å². The maximum absolute atomic E-state index is 12.3. The van der Waals surface area contributed by atoms with Gasteiger partial charge in [-0.15, -0.1) is 0 Å². The van der Waals surface area contributed by atoms with Crippen molar-refractivity contribution in [2.75, 3.05) is 13.2 Å². The van der Waals surface area contributed by atoms with Crippen molar-refractivity contribution in [2.45, 2.75) is 58.6 Å². The minimum Gasteiger partial charge on any atom is -0.360 e. The molecule has 122 valence electrons. The molecular formula is C12H21F6NO. The molecule has 0 saturated heterocycles. The molecule has 0 rings (SSSR count). The molecular weight excluding hydrogens is 288 g/mol. The van der Waals surface area contributed by atoms with Crippen LogP contribution in [0.4, 0.5) is 26.3 Å². The van der Waals surface area contributed by atoms with Crippen molar-refractivity contribution in [3.05, 3.63) is 0 Å². The van der Waals surface area contributed by atoms with Crippen LogP contribution in [0.2, 0.25) is 0 Å². The molecule has 0 aromatic heterocycles. The number of halogens is 6. The van der Waals surface area contributed by atoms with Crippen molar-refractivity contribution in [1.82, 2.24) is 5.32 Å². The highest BCUT2D eigenvalue weighted by Crippen LogP contribution is 2.36. The Morgan fingerprint density at radius 2 is 1.25 bits per heavy atom. The van der Waals surface area contributed by atoms with Crippen molar-refractivity contribution in [2.24, 2.45) is 5.41 Å². The van der Waals surface area contributed by atoms with E-state index in [0.717, 1.165) is 0 Å². The smallest absolute Gasteiger partial charge is 0.360 e. The topological polar surface area (TPSA) is 21.3 Å². The normalized spacial score (nSPS) is 15.0. The van der Waals surface area contributed by atoms with Gasteiger partial charge in [-0.3, -0.25) is 0 Å². The van der Waals surface area contributed by atoms with Gasteiger partial charge >= 0.3 is 12.4 Å². The molecule has 0 aromatic carbocycles. The van der Waals surface area contributed by atoms with Gasteiger partial charge in [0, 0.05) is 17.5 Å². The number of alkyl halides is 6. The molecule has 0 bridgehead atoms. The summed E-state index contributed by atoms with van der Waals surface area (Å²) in [5, 5.41) is 3.02. The van der Waals surface area contributed by atoms with E-state index in [1.165, 1.54) is 13.8 Å². The van der Waals surface area contributed by atoms with Crippen LogP contribution in [0.25, 0.3) is 0 Å². The molecule has 0 aliphatic rings. The van der Waals surface area contributed by atoms with Crippen LogP contribution in [0, 0.1) is 5.41 Å². The lowest BCUT2D eigenvalue weighted by Crippen LogP contribution is -2.48. The summed E-state index contributed by atoms with van der Waals surface area (Å²) in [5.74, 6) is 0. The minimum absolute atomic E-state index is 0.235. The first-order valence-electron chi connectivity index (χ1n) is 6.05. The molecule has 0 spiro atoms. The molecule has 8 heteroatoms. The first kappa shape index (κ1) is 19.5. The summed E-state index contributed by atoms with van der Waals surface area (Å²) in [7, 11) is 0.